The number of imidazole rings is 1. The van der Waals surface area contributed by atoms with Gasteiger partial charge in [-0.05, 0) is 35.4 Å². The van der Waals surface area contributed by atoms with Gasteiger partial charge in [0, 0.05) is 49.8 Å². The van der Waals surface area contributed by atoms with E-state index in [9.17, 15) is 8.42 Å². The van der Waals surface area contributed by atoms with E-state index >= 15 is 0 Å². The van der Waals surface area contributed by atoms with E-state index in [1.54, 1.807) is 49.2 Å². The van der Waals surface area contributed by atoms with Crippen molar-refractivity contribution >= 4 is 33.8 Å². The first-order valence-corrected chi connectivity index (χ1v) is 12.7. The van der Waals surface area contributed by atoms with Crippen LogP contribution in [0, 0.1) is 0 Å². The second-order valence-corrected chi connectivity index (χ2v) is 10.0. The zero-order chi connectivity index (χ0) is 24.1. The molecule has 0 amide bonds. The maximum atomic E-state index is 12.8. The summed E-state index contributed by atoms with van der Waals surface area (Å²) in [4.78, 5) is 16.1. The quantitative estimate of drug-likeness (QED) is 0.366. The third kappa shape index (κ3) is 5.46. The molecule has 3 N–H and O–H groups in total. The molecule has 178 valence electrons. The van der Waals surface area contributed by atoms with E-state index in [0.29, 0.717) is 37.8 Å². The summed E-state index contributed by atoms with van der Waals surface area (Å²) in [5, 5.41) is 6.27. The molecule has 0 aliphatic carbocycles. The van der Waals surface area contributed by atoms with Crippen molar-refractivity contribution in [2.75, 3.05) is 31.5 Å². The average Bonchev–Trinajstić information content (AvgIpc) is 3.45. The van der Waals surface area contributed by atoms with Crippen LogP contribution in [0.3, 0.4) is 0 Å². The van der Waals surface area contributed by atoms with Crippen molar-refractivity contribution in [2.45, 2.75) is 4.90 Å². The summed E-state index contributed by atoms with van der Waals surface area (Å²) in [5.74, 6) is 0.434. The highest BCUT2D eigenvalue weighted by atomic mass is 32.2. The number of nitrogens with one attached hydrogen (secondary N) is 3. The van der Waals surface area contributed by atoms with Gasteiger partial charge in [-0.2, -0.15) is 4.31 Å². The first-order chi connectivity index (χ1) is 17.1. The summed E-state index contributed by atoms with van der Waals surface area (Å²) in [6.07, 6.45) is 10.9. The summed E-state index contributed by atoms with van der Waals surface area (Å²) in [6.45, 7) is 2.29. The molecule has 2 aromatic carbocycles. The van der Waals surface area contributed by atoms with Crippen LogP contribution in [-0.4, -0.2) is 58.8 Å². The van der Waals surface area contributed by atoms with Crippen LogP contribution in [0.2, 0.25) is 0 Å². The monoisotopic (exact) mass is 487 g/mol. The van der Waals surface area contributed by atoms with Gasteiger partial charge < -0.3 is 15.6 Å². The topological polar surface area (TPSA) is 116 Å². The van der Waals surface area contributed by atoms with Gasteiger partial charge in [0.1, 0.15) is 0 Å². The van der Waals surface area contributed by atoms with Gasteiger partial charge in [0.2, 0.25) is 16.0 Å². The number of anilines is 2. The Bertz CT molecular complexity index is 1380. The fourth-order valence-electron chi connectivity index (χ4n) is 3.74. The summed E-state index contributed by atoms with van der Waals surface area (Å²) < 4.78 is 27.1. The molecule has 0 spiro atoms. The number of benzene rings is 2. The molecule has 2 aromatic heterocycles. The first kappa shape index (κ1) is 22.9. The van der Waals surface area contributed by atoms with Gasteiger partial charge in [-0.3, -0.25) is 0 Å². The standard InChI is InChI=1S/C25H25N7O2S/c33-35(34,32-13-11-26-12-14-32)23-9-7-22(8-10-23)31-25-28-15-20(16-29-25)2-1-19-3-5-21(6-4-19)24-17-27-18-30-24/h1-10,15-18,26H,11-14H2,(H,27,30)(H,28,29,31). The molecule has 1 aliphatic heterocycles. The van der Waals surface area contributed by atoms with Crippen molar-refractivity contribution in [1.29, 1.82) is 0 Å². The molecule has 0 atom stereocenters. The molecule has 10 heteroatoms. The molecule has 1 saturated heterocycles. The summed E-state index contributed by atoms with van der Waals surface area (Å²) in [6, 6.07) is 14.8. The Morgan fingerprint density at radius 2 is 1.54 bits per heavy atom. The predicted octanol–water partition coefficient (Wildman–Crippen LogP) is 3.37. The van der Waals surface area contributed by atoms with E-state index < -0.39 is 10.0 Å². The van der Waals surface area contributed by atoms with E-state index in [-0.39, 0.29) is 4.90 Å². The lowest BCUT2D eigenvalue weighted by Gasteiger charge is -2.26. The number of sulfonamides is 1. The third-order valence-electron chi connectivity index (χ3n) is 5.68. The summed E-state index contributed by atoms with van der Waals surface area (Å²) >= 11 is 0. The molecule has 9 nitrogen and oxygen atoms in total. The molecule has 5 rings (SSSR count). The van der Waals surface area contributed by atoms with Crippen LogP contribution in [0.1, 0.15) is 11.1 Å². The van der Waals surface area contributed by atoms with Gasteiger partial charge in [0.15, 0.2) is 0 Å². The van der Waals surface area contributed by atoms with E-state index in [0.717, 1.165) is 22.4 Å². The smallest absolute Gasteiger partial charge is 0.243 e. The largest absolute Gasteiger partial charge is 0.345 e. The minimum Gasteiger partial charge on any atom is -0.345 e. The van der Waals surface area contributed by atoms with E-state index in [2.05, 4.69) is 30.6 Å². The van der Waals surface area contributed by atoms with Crippen molar-refractivity contribution < 1.29 is 8.42 Å². The second kappa shape index (κ2) is 10.2. The summed E-state index contributed by atoms with van der Waals surface area (Å²) in [7, 11) is -3.48. The van der Waals surface area contributed by atoms with E-state index in [1.165, 1.54) is 4.31 Å². The first-order valence-electron chi connectivity index (χ1n) is 11.2. The van der Waals surface area contributed by atoms with Crippen molar-refractivity contribution in [3.8, 4) is 11.3 Å². The SMILES string of the molecule is O=S(=O)(c1ccc(Nc2ncc(C=Cc3ccc(-c4cnc[nH]4)cc3)cn2)cc1)N1CCNCC1. The average molecular weight is 488 g/mol. The molecule has 1 fully saturated rings. The summed E-state index contributed by atoms with van der Waals surface area (Å²) in [5.41, 5.74) is 4.70. The fraction of sp³-hybridized carbons (Fsp3) is 0.160. The van der Waals surface area contributed by atoms with Crippen molar-refractivity contribution in [2.24, 2.45) is 0 Å². The Hall–Kier alpha value is -3.86. The lowest BCUT2D eigenvalue weighted by molar-refractivity contribution is 0.360. The zero-order valence-electron chi connectivity index (χ0n) is 18.9. The Balaban J connectivity index is 1.20. The highest BCUT2D eigenvalue weighted by Crippen LogP contribution is 2.21. The van der Waals surface area contributed by atoms with E-state index in [4.69, 9.17) is 0 Å². The molecular weight excluding hydrogens is 462 g/mol. The van der Waals surface area contributed by atoms with Gasteiger partial charge >= 0.3 is 0 Å². The maximum Gasteiger partial charge on any atom is 0.243 e. The van der Waals surface area contributed by atoms with Crippen molar-refractivity contribution in [1.82, 2.24) is 29.6 Å². The Labute approximate surface area is 204 Å². The number of piperazine rings is 1. The molecular formula is C25H25N7O2S. The number of aromatic nitrogens is 4. The number of hydrogen-bond acceptors (Lipinski definition) is 7. The van der Waals surface area contributed by atoms with Crippen molar-refractivity contribution in [3.05, 3.63) is 84.6 Å². The molecule has 35 heavy (non-hydrogen) atoms. The lowest BCUT2D eigenvalue weighted by atomic mass is 10.1. The second-order valence-electron chi connectivity index (χ2n) is 8.06. The highest BCUT2D eigenvalue weighted by Gasteiger charge is 2.25. The maximum absolute atomic E-state index is 12.8. The minimum atomic E-state index is -3.48. The molecule has 0 bridgehead atoms. The van der Waals surface area contributed by atoms with Crippen LogP contribution in [0.5, 0.6) is 0 Å². The lowest BCUT2D eigenvalue weighted by Crippen LogP contribution is -2.46. The van der Waals surface area contributed by atoms with Crippen LogP contribution in [0.4, 0.5) is 11.6 Å². The Kier molecular flexibility index (Phi) is 6.66. The van der Waals surface area contributed by atoms with Crippen molar-refractivity contribution in [3.63, 3.8) is 0 Å². The van der Waals surface area contributed by atoms with Crippen LogP contribution < -0.4 is 10.6 Å². The molecule has 0 saturated carbocycles. The molecule has 4 aromatic rings. The Morgan fingerprint density at radius 1 is 0.857 bits per heavy atom. The number of H-pyrrole nitrogens is 1. The highest BCUT2D eigenvalue weighted by molar-refractivity contribution is 7.89. The van der Waals surface area contributed by atoms with Gasteiger partial charge in [-0.25, -0.2) is 23.4 Å². The molecule has 3 heterocycles. The predicted molar refractivity (Wildman–Crippen MR) is 136 cm³/mol. The fourth-order valence-corrected chi connectivity index (χ4v) is 5.18. The number of aromatic amines is 1. The van der Waals surface area contributed by atoms with Crippen LogP contribution in [-0.2, 0) is 10.0 Å². The number of rotatable bonds is 7. The number of nitrogens with zero attached hydrogens (tertiary/aromatic N) is 4. The Morgan fingerprint density at radius 3 is 2.20 bits per heavy atom. The van der Waals surface area contributed by atoms with Gasteiger partial charge in [-0.1, -0.05) is 36.4 Å². The number of hydrogen-bond donors (Lipinski definition) is 3. The normalized spacial score (nSPS) is 14.9. The minimum absolute atomic E-state index is 0.281. The zero-order valence-corrected chi connectivity index (χ0v) is 19.7. The third-order valence-corrected chi connectivity index (χ3v) is 7.60. The molecule has 1 aliphatic rings. The van der Waals surface area contributed by atoms with E-state index in [1.807, 2.05) is 36.4 Å². The molecule has 0 unspecified atom stereocenters. The van der Waals surface area contributed by atoms with Gasteiger partial charge in [0.25, 0.3) is 0 Å². The van der Waals surface area contributed by atoms with Gasteiger partial charge in [-0.15, -0.1) is 0 Å². The van der Waals surface area contributed by atoms with Crippen LogP contribution in [0.15, 0.2) is 78.3 Å². The van der Waals surface area contributed by atoms with Gasteiger partial charge in [0.05, 0.1) is 23.1 Å². The van der Waals surface area contributed by atoms with Crippen LogP contribution in [0.25, 0.3) is 23.4 Å². The van der Waals surface area contributed by atoms with Crippen LogP contribution >= 0.6 is 0 Å². The molecule has 0 radical (unpaired) electrons.